The lowest BCUT2D eigenvalue weighted by Crippen LogP contribution is -2.54. The van der Waals surface area contributed by atoms with Crippen LogP contribution in [0.3, 0.4) is 0 Å². The van der Waals surface area contributed by atoms with Crippen molar-refractivity contribution in [3.63, 3.8) is 0 Å². The van der Waals surface area contributed by atoms with Crippen LogP contribution in [0.5, 0.6) is 0 Å². The Kier molecular flexibility index (Phi) is 5.19. The average Bonchev–Trinajstić information content (AvgIpc) is 2.94. The number of carbonyl (C=O) groups excluding carboxylic acids is 1. The van der Waals surface area contributed by atoms with Crippen molar-refractivity contribution in [1.29, 1.82) is 0 Å². The van der Waals surface area contributed by atoms with E-state index in [2.05, 4.69) is 24.1 Å². The van der Waals surface area contributed by atoms with Crippen LogP contribution in [-0.4, -0.2) is 74.2 Å². The zero-order valence-corrected chi connectivity index (χ0v) is 12.4. The lowest BCUT2D eigenvalue weighted by Gasteiger charge is -2.39. The molecule has 19 heavy (non-hydrogen) atoms. The van der Waals surface area contributed by atoms with E-state index < -0.39 is 0 Å². The first kappa shape index (κ1) is 14.8. The summed E-state index contributed by atoms with van der Waals surface area (Å²) in [6.45, 7) is 9.41. The third-order valence-electron chi connectivity index (χ3n) is 4.61. The first-order valence-corrected chi connectivity index (χ1v) is 7.45. The smallest absolute Gasteiger partial charge is 0.229 e. The van der Waals surface area contributed by atoms with Gasteiger partial charge in [0.25, 0.3) is 0 Å². The van der Waals surface area contributed by atoms with Gasteiger partial charge in [-0.25, -0.2) is 0 Å². The van der Waals surface area contributed by atoms with Gasteiger partial charge in [-0.2, -0.15) is 0 Å². The van der Waals surface area contributed by atoms with E-state index in [1.807, 2.05) is 11.9 Å². The molecule has 1 amide bonds. The molecule has 0 aromatic heterocycles. The third kappa shape index (κ3) is 3.27. The van der Waals surface area contributed by atoms with E-state index in [1.54, 1.807) is 0 Å². The summed E-state index contributed by atoms with van der Waals surface area (Å²) in [5, 5.41) is 3.19. The largest absolute Gasteiger partial charge is 0.379 e. The van der Waals surface area contributed by atoms with E-state index >= 15 is 0 Å². The molecule has 5 nitrogen and oxygen atoms in total. The Hall–Kier alpha value is -0.650. The highest BCUT2D eigenvalue weighted by atomic mass is 16.5. The number of amides is 1. The Morgan fingerprint density at radius 3 is 2.58 bits per heavy atom. The van der Waals surface area contributed by atoms with Crippen molar-refractivity contribution in [2.45, 2.75) is 32.4 Å². The Bertz CT molecular complexity index is 303. The molecule has 0 saturated carbocycles. The molecule has 3 atom stereocenters. The fourth-order valence-corrected chi connectivity index (χ4v) is 2.96. The maximum atomic E-state index is 12.5. The van der Waals surface area contributed by atoms with Crippen LogP contribution in [0, 0.1) is 5.92 Å². The van der Waals surface area contributed by atoms with Crippen LogP contribution < -0.4 is 5.32 Å². The lowest BCUT2D eigenvalue weighted by atomic mass is 10.0. The molecule has 2 rings (SSSR count). The Morgan fingerprint density at radius 2 is 2.00 bits per heavy atom. The molecule has 0 aromatic carbocycles. The zero-order valence-electron chi connectivity index (χ0n) is 12.4. The summed E-state index contributed by atoms with van der Waals surface area (Å²) in [5.41, 5.74) is 0. The molecule has 0 bridgehead atoms. The normalized spacial score (nSPS) is 30.6. The van der Waals surface area contributed by atoms with Crippen LogP contribution >= 0.6 is 0 Å². The fraction of sp³-hybridized carbons (Fsp3) is 0.929. The third-order valence-corrected chi connectivity index (χ3v) is 4.61. The highest BCUT2D eigenvalue weighted by molar-refractivity contribution is 5.80. The summed E-state index contributed by atoms with van der Waals surface area (Å²) in [6.07, 6.45) is 1.17. The molecule has 0 aromatic rings. The summed E-state index contributed by atoms with van der Waals surface area (Å²) < 4.78 is 5.43. The van der Waals surface area contributed by atoms with E-state index in [-0.39, 0.29) is 17.9 Å². The minimum absolute atomic E-state index is 0.000138. The molecule has 2 saturated heterocycles. The molecular weight excluding hydrogens is 242 g/mol. The van der Waals surface area contributed by atoms with E-state index in [0.717, 1.165) is 26.2 Å². The molecule has 2 aliphatic heterocycles. The number of ether oxygens (including phenoxy) is 1. The Balaban J connectivity index is 1.85. The second kappa shape index (κ2) is 6.68. The van der Waals surface area contributed by atoms with Crippen molar-refractivity contribution in [2.24, 2.45) is 5.92 Å². The van der Waals surface area contributed by atoms with Gasteiger partial charge in [-0.1, -0.05) is 6.92 Å². The van der Waals surface area contributed by atoms with Crippen molar-refractivity contribution in [3.05, 3.63) is 0 Å². The van der Waals surface area contributed by atoms with Crippen LogP contribution in [-0.2, 0) is 9.53 Å². The fourth-order valence-electron chi connectivity index (χ4n) is 2.96. The standard InChI is InChI=1S/C14H27N3O2/c1-4-11(2)16-5-7-17(8-6-16)14(18)12-9-19-10-13(12)15-3/h11-13,15H,4-10H2,1-3H3. The van der Waals surface area contributed by atoms with Gasteiger partial charge in [0, 0.05) is 38.3 Å². The van der Waals surface area contributed by atoms with Crippen LogP contribution in [0.2, 0.25) is 0 Å². The first-order chi connectivity index (χ1) is 9.17. The second-order valence-corrected chi connectivity index (χ2v) is 5.66. The first-order valence-electron chi connectivity index (χ1n) is 7.45. The molecule has 2 aliphatic rings. The van der Waals surface area contributed by atoms with E-state index in [4.69, 9.17) is 4.74 Å². The highest BCUT2D eigenvalue weighted by Crippen LogP contribution is 2.18. The predicted octanol–water partition coefficient (Wildman–Crippen LogP) is 0.164. The molecule has 0 aliphatic carbocycles. The summed E-state index contributed by atoms with van der Waals surface area (Å²) in [5.74, 6) is 0.265. The SMILES string of the molecule is CCC(C)N1CCN(C(=O)C2COCC2NC)CC1. The van der Waals surface area contributed by atoms with E-state index in [0.29, 0.717) is 19.3 Å². The average molecular weight is 269 g/mol. The van der Waals surface area contributed by atoms with Crippen molar-refractivity contribution in [3.8, 4) is 0 Å². The number of nitrogens with zero attached hydrogens (tertiary/aromatic N) is 2. The van der Waals surface area contributed by atoms with Crippen LogP contribution in [0.15, 0.2) is 0 Å². The van der Waals surface area contributed by atoms with E-state index in [1.165, 1.54) is 6.42 Å². The van der Waals surface area contributed by atoms with Gasteiger partial charge < -0.3 is 15.0 Å². The summed E-state index contributed by atoms with van der Waals surface area (Å²) in [6, 6.07) is 0.803. The minimum Gasteiger partial charge on any atom is -0.379 e. The van der Waals surface area contributed by atoms with Crippen molar-refractivity contribution in [2.75, 3.05) is 46.4 Å². The molecule has 1 N–H and O–H groups in total. The zero-order chi connectivity index (χ0) is 13.8. The van der Waals surface area contributed by atoms with Crippen molar-refractivity contribution in [1.82, 2.24) is 15.1 Å². The Labute approximate surface area is 116 Å². The number of piperazine rings is 1. The highest BCUT2D eigenvalue weighted by Gasteiger charge is 2.36. The molecule has 3 unspecified atom stereocenters. The summed E-state index contributed by atoms with van der Waals surface area (Å²) in [4.78, 5) is 17.0. The van der Waals surface area contributed by atoms with Crippen LogP contribution in [0.1, 0.15) is 20.3 Å². The summed E-state index contributed by atoms with van der Waals surface area (Å²) >= 11 is 0. The van der Waals surface area contributed by atoms with Crippen LogP contribution in [0.4, 0.5) is 0 Å². The molecule has 2 heterocycles. The van der Waals surface area contributed by atoms with Gasteiger partial charge in [-0.05, 0) is 20.4 Å². The number of nitrogens with one attached hydrogen (secondary N) is 1. The van der Waals surface area contributed by atoms with Crippen LogP contribution in [0.25, 0.3) is 0 Å². The Morgan fingerprint density at radius 1 is 1.32 bits per heavy atom. The quantitative estimate of drug-likeness (QED) is 0.790. The molecule has 2 fully saturated rings. The summed E-state index contributed by atoms with van der Waals surface area (Å²) in [7, 11) is 1.90. The van der Waals surface area contributed by atoms with Crippen molar-refractivity contribution < 1.29 is 9.53 Å². The number of rotatable bonds is 4. The minimum atomic E-state index is 0.000138. The van der Waals surface area contributed by atoms with Gasteiger partial charge >= 0.3 is 0 Å². The van der Waals surface area contributed by atoms with Gasteiger partial charge in [0.2, 0.25) is 5.91 Å². The maximum Gasteiger partial charge on any atom is 0.229 e. The number of likely N-dealkylation sites (N-methyl/N-ethyl adjacent to an activating group) is 1. The predicted molar refractivity (Wildman–Crippen MR) is 75.1 cm³/mol. The van der Waals surface area contributed by atoms with Crippen molar-refractivity contribution >= 4 is 5.91 Å². The number of carbonyl (C=O) groups is 1. The topological polar surface area (TPSA) is 44.8 Å². The second-order valence-electron chi connectivity index (χ2n) is 5.66. The molecule has 0 radical (unpaired) electrons. The molecule has 110 valence electrons. The number of hydrogen-bond acceptors (Lipinski definition) is 4. The van der Waals surface area contributed by atoms with Gasteiger partial charge in [0.15, 0.2) is 0 Å². The monoisotopic (exact) mass is 269 g/mol. The molecular formula is C14H27N3O2. The van der Waals surface area contributed by atoms with Gasteiger partial charge in [-0.15, -0.1) is 0 Å². The maximum absolute atomic E-state index is 12.5. The van der Waals surface area contributed by atoms with E-state index in [9.17, 15) is 4.79 Å². The van der Waals surface area contributed by atoms with Gasteiger partial charge in [0.1, 0.15) is 0 Å². The van der Waals surface area contributed by atoms with Gasteiger partial charge in [-0.3, -0.25) is 9.69 Å². The molecule has 0 spiro atoms. The van der Waals surface area contributed by atoms with Gasteiger partial charge in [0.05, 0.1) is 19.1 Å². The molecule has 5 heteroatoms. The lowest BCUT2D eigenvalue weighted by molar-refractivity contribution is -0.138. The number of hydrogen-bond donors (Lipinski definition) is 1.